The van der Waals surface area contributed by atoms with Crippen LogP contribution in [0.3, 0.4) is 0 Å². The van der Waals surface area contributed by atoms with E-state index in [0.717, 1.165) is 25.0 Å². The lowest BCUT2D eigenvalue weighted by Crippen LogP contribution is -2.32. The average Bonchev–Trinajstić information content (AvgIpc) is 3.27. The number of amides is 4. The maximum atomic E-state index is 13.5. The van der Waals surface area contributed by atoms with E-state index < -0.39 is 47.3 Å². The van der Waals surface area contributed by atoms with Gasteiger partial charge in [-0.2, -0.15) is 20.5 Å². The number of halogens is 4. The lowest BCUT2D eigenvalue weighted by Gasteiger charge is -2.18. The molecule has 4 amide bonds. The van der Waals surface area contributed by atoms with Crippen LogP contribution in [0.2, 0.25) is 10.0 Å². The fraction of sp³-hybridized carbons (Fsp3) is 0.182. The van der Waals surface area contributed by atoms with E-state index in [0.29, 0.717) is 11.4 Å². The number of anilines is 4. The predicted octanol–water partition coefficient (Wildman–Crippen LogP) is 10.4. The second-order valence-electron chi connectivity index (χ2n) is 13.6. The molecule has 0 aliphatic heterocycles. The van der Waals surface area contributed by atoms with Gasteiger partial charge >= 0.3 is 0 Å². The Balaban J connectivity index is 1.30. The molecule has 0 aliphatic carbocycles. The van der Waals surface area contributed by atoms with Crippen molar-refractivity contribution in [3.05, 3.63) is 129 Å². The number of azo groups is 2. The summed E-state index contributed by atoms with van der Waals surface area (Å²) in [6.07, 6.45) is 0. The first-order valence-electron chi connectivity index (χ1n) is 18.9. The summed E-state index contributed by atoms with van der Waals surface area (Å²) in [6.45, 7) is 2.29. The van der Waals surface area contributed by atoms with Crippen LogP contribution in [-0.4, -0.2) is 61.5 Å². The standard InChI is InChI=1S/C44H38Cl4N8O8/c1-23(57)39(55-53-29-11-13-33(47)31(17-29)41(59)49-27-9-5-7-25(15-27)21-45)43(61)51-35-19-38(64-4)36(20-37(35)63-3)52-44(62)40(24(2)58)56-54-30-12-14-34(48)32(18-30)42(60)50-28-10-6-8-26(16-28)22-46/h5-20,39-40H,21-22H2,1-4H3,(H,49,59)(H,50,60)(H,51,61)(H,52,62). The Kier molecular flexibility index (Phi) is 17.0. The summed E-state index contributed by atoms with van der Waals surface area (Å²) in [7, 11) is 2.58. The number of rotatable bonds is 18. The normalized spacial score (nSPS) is 12.0. The molecule has 0 saturated heterocycles. The number of Topliss-reactive ketones (excluding diaryl/α,β-unsaturated/α-hetero) is 2. The highest BCUT2D eigenvalue weighted by atomic mass is 35.5. The van der Waals surface area contributed by atoms with E-state index in [1.165, 1.54) is 62.8 Å². The molecule has 16 nitrogen and oxygen atoms in total. The summed E-state index contributed by atoms with van der Waals surface area (Å²) >= 11 is 24.4. The van der Waals surface area contributed by atoms with Gasteiger partial charge < -0.3 is 30.7 Å². The summed E-state index contributed by atoms with van der Waals surface area (Å²) in [6, 6.07) is 21.6. The second-order valence-corrected chi connectivity index (χ2v) is 14.9. The van der Waals surface area contributed by atoms with Gasteiger partial charge in [0.25, 0.3) is 23.6 Å². The number of ketones is 2. The van der Waals surface area contributed by atoms with Crippen LogP contribution in [0, 0.1) is 0 Å². The first-order chi connectivity index (χ1) is 30.6. The Morgan fingerprint density at radius 1 is 0.547 bits per heavy atom. The van der Waals surface area contributed by atoms with Crippen molar-refractivity contribution >= 4 is 116 Å². The molecule has 5 rings (SSSR count). The molecule has 0 aliphatic rings. The van der Waals surface area contributed by atoms with Gasteiger partial charge in [0, 0.05) is 35.3 Å². The molecule has 5 aromatic rings. The van der Waals surface area contributed by atoms with Crippen LogP contribution in [0.15, 0.2) is 118 Å². The van der Waals surface area contributed by atoms with Gasteiger partial charge in [-0.25, -0.2) is 0 Å². The number of ether oxygens (including phenoxy) is 2. The zero-order chi connectivity index (χ0) is 46.5. The fourth-order valence-electron chi connectivity index (χ4n) is 5.74. The zero-order valence-electron chi connectivity index (χ0n) is 34.4. The van der Waals surface area contributed by atoms with Crippen LogP contribution in [-0.2, 0) is 30.9 Å². The molecular weight excluding hydrogens is 910 g/mol. The minimum absolute atomic E-state index is 0.0102. The number of alkyl halides is 2. The number of benzene rings is 5. The summed E-state index contributed by atoms with van der Waals surface area (Å²) in [4.78, 5) is 78.4. The lowest BCUT2D eigenvalue weighted by atomic mass is 10.1. The van der Waals surface area contributed by atoms with Gasteiger partial charge in [-0.3, -0.25) is 28.8 Å². The molecule has 0 fully saturated rings. The molecule has 0 radical (unpaired) electrons. The quantitative estimate of drug-likeness (QED) is 0.0375. The summed E-state index contributed by atoms with van der Waals surface area (Å²) in [5.41, 5.74) is 2.96. The van der Waals surface area contributed by atoms with E-state index in [9.17, 15) is 28.8 Å². The highest BCUT2D eigenvalue weighted by Gasteiger charge is 2.28. The van der Waals surface area contributed by atoms with Gasteiger partial charge in [0.15, 0.2) is 11.6 Å². The van der Waals surface area contributed by atoms with Crippen LogP contribution in [0.25, 0.3) is 0 Å². The molecule has 4 N–H and O–H groups in total. The molecule has 0 spiro atoms. The number of carbonyl (C=O) groups is 6. The van der Waals surface area contributed by atoms with E-state index in [4.69, 9.17) is 55.9 Å². The number of hydrogen-bond donors (Lipinski definition) is 4. The number of nitrogens with one attached hydrogen (secondary N) is 4. The largest absolute Gasteiger partial charge is 0.494 e. The molecule has 5 aromatic carbocycles. The molecule has 0 saturated carbocycles. The summed E-state index contributed by atoms with van der Waals surface area (Å²) < 4.78 is 10.9. The smallest absolute Gasteiger partial charge is 0.258 e. The van der Waals surface area contributed by atoms with Crippen molar-refractivity contribution in [1.29, 1.82) is 0 Å². The third kappa shape index (κ3) is 12.7. The first-order valence-corrected chi connectivity index (χ1v) is 20.7. The molecule has 64 heavy (non-hydrogen) atoms. The lowest BCUT2D eigenvalue weighted by molar-refractivity contribution is -0.127. The van der Waals surface area contributed by atoms with Gasteiger partial charge in [-0.05, 0) is 85.6 Å². The van der Waals surface area contributed by atoms with Crippen LogP contribution in [0.4, 0.5) is 34.1 Å². The van der Waals surface area contributed by atoms with E-state index in [1.54, 1.807) is 48.5 Å². The molecule has 2 unspecified atom stereocenters. The van der Waals surface area contributed by atoms with Gasteiger partial charge in [0.1, 0.15) is 11.5 Å². The van der Waals surface area contributed by atoms with Gasteiger partial charge in [-0.15, -0.1) is 23.2 Å². The predicted molar refractivity (Wildman–Crippen MR) is 246 cm³/mol. The maximum absolute atomic E-state index is 13.5. The van der Waals surface area contributed by atoms with E-state index >= 15 is 0 Å². The van der Waals surface area contributed by atoms with Crippen molar-refractivity contribution < 1.29 is 38.2 Å². The second kappa shape index (κ2) is 22.6. The first kappa shape index (κ1) is 48.3. The van der Waals surface area contributed by atoms with Crippen molar-refractivity contribution in [2.45, 2.75) is 37.7 Å². The molecule has 2 atom stereocenters. The molecule has 0 bridgehead atoms. The van der Waals surface area contributed by atoms with Gasteiger partial charge in [-0.1, -0.05) is 47.5 Å². The molecular formula is C44H38Cl4N8O8. The minimum Gasteiger partial charge on any atom is -0.494 e. The molecule has 0 aromatic heterocycles. The highest BCUT2D eigenvalue weighted by Crippen LogP contribution is 2.37. The fourth-order valence-corrected chi connectivity index (χ4v) is 6.48. The van der Waals surface area contributed by atoms with Crippen molar-refractivity contribution in [2.75, 3.05) is 35.5 Å². The SMILES string of the molecule is COc1cc(NC(=O)C(N=Nc2ccc(Cl)c(C(=O)Nc3cccc(CCl)c3)c2)C(C)=O)c(OC)cc1NC(=O)C(N=Nc1ccc(Cl)c(C(=O)Nc2cccc(CCl)c2)c1)C(C)=O. The zero-order valence-corrected chi connectivity index (χ0v) is 37.4. The Hall–Kier alpha value is -6.72. The van der Waals surface area contributed by atoms with E-state index in [-0.39, 0.29) is 67.2 Å². The van der Waals surface area contributed by atoms with Crippen molar-refractivity contribution in [2.24, 2.45) is 20.5 Å². The highest BCUT2D eigenvalue weighted by molar-refractivity contribution is 6.35. The van der Waals surface area contributed by atoms with Crippen LogP contribution in [0.5, 0.6) is 11.5 Å². The van der Waals surface area contributed by atoms with Crippen LogP contribution < -0.4 is 30.7 Å². The number of carbonyl (C=O) groups excluding carboxylic acids is 6. The Labute approximate surface area is 386 Å². The van der Waals surface area contributed by atoms with E-state index in [1.807, 2.05) is 0 Å². The van der Waals surface area contributed by atoms with Crippen molar-refractivity contribution in [1.82, 2.24) is 0 Å². The summed E-state index contributed by atoms with van der Waals surface area (Å²) in [5, 5.41) is 26.9. The van der Waals surface area contributed by atoms with Crippen molar-refractivity contribution in [3.8, 4) is 11.5 Å². The van der Waals surface area contributed by atoms with Crippen LogP contribution in [0.1, 0.15) is 45.7 Å². The molecule has 330 valence electrons. The monoisotopic (exact) mass is 946 g/mol. The molecule has 0 heterocycles. The Morgan fingerprint density at radius 2 is 0.938 bits per heavy atom. The average molecular weight is 949 g/mol. The Morgan fingerprint density at radius 3 is 1.28 bits per heavy atom. The Bertz CT molecular complexity index is 2500. The van der Waals surface area contributed by atoms with Gasteiger partial charge in [0.2, 0.25) is 12.1 Å². The van der Waals surface area contributed by atoms with Crippen molar-refractivity contribution in [3.63, 3.8) is 0 Å². The van der Waals surface area contributed by atoms with Crippen LogP contribution >= 0.6 is 46.4 Å². The number of hydrogen-bond acceptors (Lipinski definition) is 12. The maximum Gasteiger partial charge on any atom is 0.258 e. The number of nitrogens with zero attached hydrogens (tertiary/aromatic N) is 4. The topological polar surface area (TPSA) is 218 Å². The third-order valence-electron chi connectivity index (χ3n) is 8.95. The molecule has 20 heteroatoms. The van der Waals surface area contributed by atoms with Gasteiger partial charge in [0.05, 0.1) is 58.1 Å². The van der Waals surface area contributed by atoms with E-state index in [2.05, 4.69) is 41.7 Å². The third-order valence-corrected chi connectivity index (χ3v) is 10.2. The minimum atomic E-state index is -1.65. The number of methoxy groups -OCH3 is 2. The summed E-state index contributed by atoms with van der Waals surface area (Å²) in [5.74, 6) is -3.71.